The van der Waals surface area contributed by atoms with E-state index in [4.69, 9.17) is 9.47 Å². The second-order valence-electron chi connectivity index (χ2n) is 4.24. The molecule has 2 amide bonds. The van der Waals surface area contributed by atoms with Crippen LogP contribution in [-0.2, 0) is 14.3 Å². The van der Waals surface area contributed by atoms with Crippen LogP contribution in [0.3, 0.4) is 0 Å². The third kappa shape index (κ3) is 6.23. The molecule has 1 rings (SSSR count). The van der Waals surface area contributed by atoms with Crippen LogP contribution in [0.15, 0.2) is 23.3 Å². The van der Waals surface area contributed by atoms with E-state index in [1.165, 1.54) is 26.5 Å². The van der Waals surface area contributed by atoms with Crippen LogP contribution in [-0.4, -0.2) is 50.5 Å². The molecule has 0 saturated carbocycles. The van der Waals surface area contributed by atoms with Crippen molar-refractivity contribution in [2.45, 2.75) is 6.42 Å². The molecule has 0 unspecified atom stereocenters. The lowest BCUT2D eigenvalue weighted by Gasteiger charge is -2.04. The minimum atomic E-state index is -0.531. The number of nitrogens with zero attached hydrogens (tertiary/aromatic N) is 1. The van der Waals surface area contributed by atoms with E-state index in [9.17, 15) is 14.7 Å². The maximum atomic E-state index is 11.5. The van der Waals surface area contributed by atoms with Gasteiger partial charge in [-0.25, -0.2) is 5.43 Å². The van der Waals surface area contributed by atoms with Gasteiger partial charge in [0.1, 0.15) is 6.42 Å². The van der Waals surface area contributed by atoms with Gasteiger partial charge in [0.15, 0.2) is 11.5 Å². The number of rotatable bonds is 8. The van der Waals surface area contributed by atoms with E-state index in [1.807, 2.05) is 0 Å². The average molecular weight is 309 g/mol. The molecule has 8 nitrogen and oxygen atoms in total. The van der Waals surface area contributed by atoms with Crippen LogP contribution in [0.1, 0.15) is 12.0 Å². The fraction of sp³-hybridized carbons (Fsp3) is 0.357. The minimum Gasteiger partial charge on any atom is -0.504 e. The molecule has 22 heavy (non-hydrogen) atoms. The second-order valence-corrected chi connectivity index (χ2v) is 4.24. The first-order chi connectivity index (χ1) is 10.6. The summed E-state index contributed by atoms with van der Waals surface area (Å²) in [6, 6.07) is 4.61. The summed E-state index contributed by atoms with van der Waals surface area (Å²) in [5.41, 5.74) is 2.86. The number of hydrazone groups is 1. The number of aromatic hydroxyl groups is 1. The molecule has 0 aliphatic heterocycles. The van der Waals surface area contributed by atoms with Crippen molar-refractivity contribution in [3.63, 3.8) is 0 Å². The number of carbonyl (C=O) groups is 2. The Morgan fingerprint density at radius 1 is 1.32 bits per heavy atom. The van der Waals surface area contributed by atoms with E-state index >= 15 is 0 Å². The Labute approximate surface area is 128 Å². The van der Waals surface area contributed by atoms with Crippen molar-refractivity contribution >= 4 is 18.0 Å². The molecule has 0 radical (unpaired) electrons. The van der Waals surface area contributed by atoms with Gasteiger partial charge < -0.3 is 19.9 Å². The molecule has 1 aromatic rings. The van der Waals surface area contributed by atoms with Gasteiger partial charge in [-0.1, -0.05) is 0 Å². The van der Waals surface area contributed by atoms with Gasteiger partial charge in [0.05, 0.1) is 19.9 Å². The molecule has 0 bridgehead atoms. The first-order valence-corrected chi connectivity index (χ1v) is 6.51. The summed E-state index contributed by atoms with van der Waals surface area (Å²) < 4.78 is 9.72. The first-order valence-electron chi connectivity index (χ1n) is 6.51. The number of benzene rings is 1. The Hall–Kier alpha value is -2.61. The van der Waals surface area contributed by atoms with Crippen LogP contribution in [0.2, 0.25) is 0 Å². The Morgan fingerprint density at radius 3 is 2.77 bits per heavy atom. The summed E-state index contributed by atoms with van der Waals surface area (Å²) in [6.45, 7) is 0.730. The molecule has 0 atom stereocenters. The number of phenols is 1. The lowest BCUT2D eigenvalue weighted by Crippen LogP contribution is -2.31. The highest BCUT2D eigenvalue weighted by molar-refractivity contribution is 5.97. The zero-order valence-corrected chi connectivity index (χ0v) is 12.5. The average Bonchev–Trinajstić information content (AvgIpc) is 2.49. The highest BCUT2D eigenvalue weighted by Gasteiger charge is 2.07. The van der Waals surface area contributed by atoms with E-state index in [1.54, 1.807) is 12.1 Å². The van der Waals surface area contributed by atoms with E-state index in [2.05, 4.69) is 15.8 Å². The van der Waals surface area contributed by atoms with Crippen molar-refractivity contribution in [1.29, 1.82) is 0 Å². The van der Waals surface area contributed by atoms with E-state index < -0.39 is 11.8 Å². The van der Waals surface area contributed by atoms with E-state index in [-0.39, 0.29) is 12.2 Å². The van der Waals surface area contributed by atoms with Crippen molar-refractivity contribution in [3.8, 4) is 11.5 Å². The molecular formula is C14H19N3O5. The number of phenolic OH excluding ortho intramolecular Hbond substituents is 1. The van der Waals surface area contributed by atoms with Gasteiger partial charge in [0, 0.05) is 13.7 Å². The van der Waals surface area contributed by atoms with Crippen molar-refractivity contribution in [3.05, 3.63) is 23.8 Å². The zero-order chi connectivity index (χ0) is 16.4. The Morgan fingerprint density at radius 2 is 2.09 bits per heavy atom. The van der Waals surface area contributed by atoms with E-state index in [0.29, 0.717) is 24.5 Å². The first kappa shape index (κ1) is 17.4. The third-order valence-electron chi connectivity index (χ3n) is 2.56. The minimum absolute atomic E-state index is 0.0106. The van der Waals surface area contributed by atoms with Crippen LogP contribution in [0, 0.1) is 0 Å². The molecule has 0 aromatic heterocycles. The SMILES string of the molecule is COCCNC(=O)CC(=O)N/N=C/c1ccc(O)c(OC)c1. The zero-order valence-electron chi connectivity index (χ0n) is 12.5. The Kier molecular flexibility index (Phi) is 7.41. The Bertz CT molecular complexity index is 545. The van der Waals surface area contributed by atoms with Crippen molar-refractivity contribution in [2.75, 3.05) is 27.4 Å². The van der Waals surface area contributed by atoms with Crippen molar-refractivity contribution in [1.82, 2.24) is 10.7 Å². The molecule has 0 aliphatic rings. The maximum Gasteiger partial charge on any atom is 0.249 e. The normalized spacial score (nSPS) is 10.5. The summed E-state index contributed by atoms with van der Waals surface area (Å²) >= 11 is 0. The molecule has 3 N–H and O–H groups in total. The van der Waals surface area contributed by atoms with Crippen LogP contribution >= 0.6 is 0 Å². The van der Waals surface area contributed by atoms with Crippen molar-refractivity contribution < 1.29 is 24.2 Å². The molecule has 8 heteroatoms. The van der Waals surface area contributed by atoms with Gasteiger partial charge in [-0.2, -0.15) is 5.10 Å². The summed E-state index contributed by atoms with van der Waals surface area (Å²) in [5, 5.41) is 15.7. The number of hydrogen-bond acceptors (Lipinski definition) is 6. The summed E-state index contributed by atoms with van der Waals surface area (Å²) in [5.74, 6) is -0.628. The number of carbonyl (C=O) groups excluding carboxylic acids is 2. The summed E-state index contributed by atoms with van der Waals surface area (Å²) in [7, 11) is 2.95. The number of nitrogens with one attached hydrogen (secondary N) is 2. The number of amides is 2. The van der Waals surface area contributed by atoms with Gasteiger partial charge in [-0.05, 0) is 23.8 Å². The van der Waals surface area contributed by atoms with Crippen LogP contribution in [0.5, 0.6) is 11.5 Å². The molecule has 0 fully saturated rings. The second kappa shape index (κ2) is 9.35. The molecular weight excluding hydrogens is 290 g/mol. The molecule has 0 heterocycles. The lowest BCUT2D eigenvalue weighted by atomic mass is 10.2. The van der Waals surface area contributed by atoms with Crippen LogP contribution < -0.4 is 15.5 Å². The van der Waals surface area contributed by atoms with Gasteiger partial charge >= 0.3 is 0 Å². The Balaban J connectivity index is 2.41. The third-order valence-corrected chi connectivity index (χ3v) is 2.56. The fourth-order valence-electron chi connectivity index (χ4n) is 1.49. The standard InChI is InChI=1S/C14H19N3O5/c1-21-6-5-15-13(19)8-14(20)17-16-9-10-3-4-11(18)12(7-10)22-2/h3-4,7,9,18H,5-6,8H2,1-2H3,(H,15,19)(H,17,20)/b16-9+. The molecule has 1 aromatic carbocycles. The highest BCUT2D eigenvalue weighted by atomic mass is 16.5. The quantitative estimate of drug-likeness (QED) is 0.271. The van der Waals surface area contributed by atoms with Crippen LogP contribution in [0.25, 0.3) is 0 Å². The summed E-state index contributed by atoms with van der Waals surface area (Å²) in [4.78, 5) is 22.8. The van der Waals surface area contributed by atoms with Crippen molar-refractivity contribution in [2.24, 2.45) is 5.10 Å². The van der Waals surface area contributed by atoms with Crippen LogP contribution in [0.4, 0.5) is 0 Å². The topological polar surface area (TPSA) is 109 Å². The van der Waals surface area contributed by atoms with Gasteiger partial charge in [-0.3, -0.25) is 9.59 Å². The van der Waals surface area contributed by atoms with Gasteiger partial charge in [0.25, 0.3) is 0 Å². The highest BCUT2D eigenvalue weighted by Crippen LogP contribution is 2.25. The molecule has 0 spiro atoms. The largest absolute Gasteiger partial charge is 0.504 e. The fourth-order valence-corrected chi connectivity index (χ4v) is 1.49. The van der Waals surface area contributed by atoms with Gasteiger partial charge in [0.2, 0.25) is 11.8 Å². The predicted octanol–water partition coefficient (Wildman–Crippen LogP) is 0.00360. The molecule has 120 valence electrons. The lowest BCUT2D eigenvalue weighted by molar-refractivity contribution is -0.129. The maximum absolute atomic E-state index is 11.5. The van der Waals surface area contributed by atoms with E-state index in [0.717, 1.165) is 0 Å². The summed E-state index contributed by atoms with van der Waals surface area (Å²) in [6.07, 6.45) is 1.06. The van der Waals surface area contributed by atoms with Gasteiger partial charge in [-0.15, -0.1) is 0 Å². The monoisotopic (exact) mass is 309 g/mol. The predicted molar refractivity (Wildman–Crippen MR) is 79.9 cm³/mol. The smallest absolute Gasteiger partial charge is 0.249 e. The number of ether oxygens (including phenoxy) is 2. The number of methoxy groups -OCH3 is 2. The molecule has 0 saturated heterocycles. The number of hydrogen-bond donors (Lipinski definition) is 3. The molecule has 0 aliphatic carbocycles.